The quantitative estimate of drug-likeness (QED) is 0.886. The molecule has 21 heavy (non-hydrogen) atoms. The van der Waals surface area contributed by atoms with Crippen LogP contribution < -0.4 is 5.32 Å². The predicted molar refractivity (Wildman–Crippen MR) is 82.1 cm³/mol. The van der Waals surface area contributed by atoms with E-state index in [4.69, 9.17) is 0 Å². The molecule has 0 spiro atoms. The van der Waals surface area contributed by atoms with Crippen molar-refractivity contribution >= 4 is 0 Å². The van der Waals surface area contributed by atoms with Gasteiger partial charge in [0.05, 0.1) is 5.69 Å². The second kappa shape index (κ2) is 6.80. The molecule has 1 saturated carbocycles. The maximum absolute atomic E-state index is 3.94. The van der Waals surface area contributed by atoms with Crippen LogP contribution >= 0.6 is 0 Å². The lowest BCUT2D eigenvalue weighted by Crippen LogP contribution is -2.21. The zero-order valence-corrected chi connectivity index (χ0v) is 12.6. The van der Waals surface area contributed by atoms with Gasteiger partial charge in [-0.2, -0.15) is 0 Å². The first-order chi connectivity index (χ1) is 10.3. The van der Waals surface area contributed by atoms with Gasteiger partial charge in [0.2, 0.25) is 0 Å². The van der Waals surface area contributed by atoms with Crippen molar-refractivity contribution in [3.8, 4) is 5.69 Å². The summed E-state index contributed by atoms with van der Waals surface area (Å²) in [5.74, 6) is 0.942. The van der Waals surface area contributed by atoms with Crippen LogP contribution in [0, 0.1) is 5.92 Å². The summed E-state index contributed by atoms with van der Waals surface area (Å²) in [6.07, 6.45) is 8.62. The highest BCUT2D eigenvalue weighted by atomic mass is 15.5. The van der Waals surface area contributed by atoms with Crippen molar-refractivity contribution < 1.29 is 0 Å². The Labute approximate surface area is 125 Å². The molecule has 0 radical (unpaired) electrons. The van der Waals surface area contributed by atoms with Crippen LogP contribution in [0.25, 0.3) is 5.69 Å². The summed E-state index contributed by atoms with van der Waals surface area (Å²) in [4.78, 5) is 0. The molecule has 3 rings (SSSR count). The fourth-order valence-corrected chi connectivity index (χ4v) is 3.14. The number of nitrogens with zero attached hydrogens (tertiary/aromatic N) is 4. The fraction of sp³-hybridized carbons (Fsp3) is 0.562. The van der Waals surface area contributed by atoms with Crippen LogP contribution in [0.3, 0.4) is 0 Å². The molecule has 1 aliphatic rings. The molecule has 0 aliphatic heterocycles. The Balaban J connectivity index is 1.56. The second-order valence-electron chi connectivity index (χ2n) is 5.96. The van der Waals surface area contributed by atoms with E-state index >= 15 is 0 Å². The van der Waals surface area contributed by atoms with E-state index in [0.29, 0.717) is 6.04 Å². The van der Waals surface area contributed by atoms with Gasteiger partial charge >= 0.3 is 0 Å². The number of hydrogen-bond donors (Lipinski definition) is 1. The summed E-state index contributed by atoms with van der Waals surface area (Å²) in [5.41, 5.74) is 2.27. The molecule has 0 bridgehead atoms. The molecule has 1 aromatic carbocycles. The van der Waals surface area contributed by atoms with Gasteiger partial charge in [0, 0.05) is 6.04 Å². The zero-order valence-electron chi connectivity index (χ0n) is 12.6. The molecule has 1 heterocycles. The molecule has 5 nitrogen and oxygen atoms in total. The Morgan fingerprint density at radius 1 is 1.33 bits per heavy atom. The Hall–Kier alpha value is -1.75. The first-order valence-electron chi connectivity index (χ1n) is 7.89. The number of nitrogens with one attached hydrogen (secondary N) is 1. The molecule has 1 aromatic heterocycles. The van der Waals surface area contributed by atoms with Crippen molar-refractivity contribution in [2.75, 3.05) is 6.54 Å². The van der Waals surface area contributed by atoms with Crippen molar-refractivity contribution in [1.82, 2.24) is 25.5 Å². The number of rotatable bonds is 6. The predicted octanol–water partition coefficient (Wildman–Crippen LogP) is 2.89. The van der Waals surface area contributed by atoms with Crippen molar-refractivity contribution in [2.24, 2.45) is 5.92 Å². The van der Waals surface area contributed by atoms with E-state index in [1.807, 2.05) is 6.07 Å². The molecule has 1 atom stereocenters. The second-order valence-corrected chi connectivity index (χ2v) is 5.96. The zero-order chi connectivity index (χ0) is 14.5. The number of benzene rings is 1. The van der Waals surface area contributed by atoms with Crippen LogP contribution in [-0.2, 0) is 0 Å². The summed E-state index contributed by atoms with van der Waals surface area (Å²) < 4.78 is 1.69. The molecule has 1 fully saturated rings. The largest absolute Gasteiger partial charge is 0.310 e. The molecular weight excluding hydrogens is 262 g/mol. The van der Waals surface area contributed by atoms with E-state index in [-0.39, 0.29) is 0 Å². The van der Waals surface area contributed by atoms with Crippen molar-refractivity contribution in [1.29, 1.82) is 0 Å². The SMILES string of the molecule is CC(NCCC1CCCC1)c1cccc(-n2cnnn2)c1. The molecule has 1 aliphatic carbocycles. The monoisotopic (exact) mass is 285 g/mol. The van der Waals surface area contributed by atoms with Crippen molar-refractivity contribution in [3.05, 3.63) is 36.2 Å². The lowest BCUT2D eigenvalue weighted by atomic mass is 10.0. The van der Waals surface area contributed by atoms with Gasteiger partial charge < -0.3 is 5.32 Å². The summed E-state index contributed by atoms with van der Waals surface area (Å²) in [6.45, 7) is 3.31. The van der Waals surface area contributed by atoms with Gasteiger partial charge in [0.25, 0.3) is 0 Å². The van der Waals surface area contributed by atoms with Gasteiger partial charge in [-0.3, -0.25) is 0 Å². The lowest BCUT2D eigenvalue weighted by molar-refractivity contribution is 0.455. The minimum Gasteiger partial charge on any atom is -0.310 e. The molecule has 0 saturated heterocycles. The van der Waals surface area contributed by atoms with Crippen LogP contribution in [0.2, 0.25) is 0 Å². The van der Waals surface area contributed by atoms with Crippen LogP contribution in [0.1, 0.15) is 50.6 Å². The van der Waals surface area contributed by atoms with Crippen LogP contribution in [0.4, 0.5) is 0 Å². The highest BCUT2D eigenvalue weighted by molar-refractivity contribution is 5.35. The van der Waals surface area contributed by atoms with Crippen molar-refractivity contribution in [2.45, 2.75) is 45.1 Å². The summed E-state index contributed by atoms with van der Waals surface area (Å²) in [5, 5.41) is 14.9. The Morgan fingerprint density at radius 3 is 2.95 bits per heavy atom. The van der Waals surface area contributed by atoms with Crippen molar-refractivity contribution in [3.63, 3.8) is 0 Å². The smallest absolute Gasteiger partial charge is 0.143 e. The van der Waals surface area contributed by atoms with Crippen LogP contribution in [0.15, 0.2) is 30.6 Å². The highest BCUT2D eigenvalue weighted by Crippen LogP contribution is 2.27. The normalized spacial score (nSPS) is 17.2. The summed E-state index contributed by atoms with van der Waals surface area (Å²) in [7, 11) is 0. The average molecular weight is 285 g/mol. The third-order valence-corrected chi connectivity index (χ3v) is 4.46. The van der Waals surface area contributed by atoms with E-state index in [1.54, 1.807) is 11.0 Å². The number of aromatic nitrogens is 4. The summed E-state index contributed by atoms with van der Waals surface area (Å²) in [6, 6.07) is 8.72. The molecule has 1 N–H and O–H groups in total. The highest BCUT2D eigenvalue weighted by Gasteiger charge is 2.15. The third kappa shape index (κ3) is 3.67. The molecule has 5 heteroatoms. The minimum absolute atomic E-state index is 0.350. The number of tetrazole rings is 1. The molecule has 0 amide bonds. The van der Waals surface area contributed by atoms with Gasteiger partial charge in [-0.25, -0.2) is 4.68 Å². The van der Waals surface area contributed by atoms with E-state index in [0.717, 1.165) is 18.2 Å². The Morgan fingerprint density at radius 2 is 2.19 bits per heavy atom. The minimum atomic E-state index is 0.350. The molecule has 1 unspecified atom stereocenters. The van der Waals surface area contributed by atoms with Crippen LogP contribution in [0.5, 0.6) is 0 Å². The average Bonchev–Trinajstić information content (AvgIpc) is 3.21. The Kier molecular flexibility index (Phi) is 4.60. The lowest BCUT2D eigenvalue weighted by Gasteiger charge is -2.17. The van der Waals surface area contributed by atoms with E-state index in [1.165, 1.54) is 37.7 Å². The van der Waals surface area contributed by atoms with Gasteiger partial charge in [-0.05, 0) is 53.9 Å². The third-order valence-electron chi connectivity index (χ3n) is 4.46. The van der Waals surface area contributed by atoms with E-state index in [2.05, 4.69) is 46.0 Å². The van der Waals surface area contributed by atoms with Gasteiger partial charge in [-0.1, -0.05) is 37.8 Å². The first kappa shape index (κ1) is 14.2. The first-order valence-corrected chi connectivity index (χ1v) is 7.89. The summed E-state index contributed by atoms with van der Waals surface area (Å²) >= 11 is 0. The maximum Gasteiger partial charge on any atom is 0.143 e. The molecule has 112 valence electrons. The van der Waals surface area contributed by atoms with Crippen LogP contribution in [-0.4, -0.2) is 26.8 Å². The topological polar surface area (TPSA) is 55.6 Å². The number of hydrogen-bond acceptors (Lipinski definition) is 4. The van der Waals surface area contributed by atoms with E-state index < -0.39 is 0 Å². The maximum atomic E-state index is 3.94. The van der Waals surface area contributed by atoms with Gasteiger partial charge in [0.15, 0.2) is 0 Å². The van der Waals surface area contributed by atoms with Gasteiger partial charge in [-0.15, -0.1) is 5.10 Å². The Bertz CT molecular complexity index is 546. The van der Waals surface area contributed by atoms with Gasteiger partial charge in [0.1, 0.15) is 6.33 Å². The fourth-order valence-electron chi connectivity index (χ4n) is 3.14. The van der Waals surface area contributed by atoms with E-state index in [9.17, 15) is 0 Å². The molecular formula is C16H23N5. The standard InChI is InChI=1S/C16H23N5/c1-13(17-10-9-14-5-2-3-6-14)15-7-4-8-16(11-15)21-12-18-19-20-21/h4,7-8,11-14,17H,2-3,5-6,9-10H2,1H3. The molecule has 2 aromatic rings.